The van der Waals surface area contributed by atoms with Gasteiger partial charge in [0.15, 0.2) is 0 Å². The fourth-order valence-corrected chi connectivity index (χ4v) is 3.54. The lowest BCUT2D eigenvalue weighted by Gasteiger charge is -2.13. The van der Waals surface area contributed by atoms with E-state index in [0.717, 1.165) is 17.5 Å². The van der Waals surface area contributed by atoms with Gasteiger partial charge in [0.05, 0.1) is 7.11 Å². The largest absolute Gasteiger partial charge is 0.496 e. The normalized spacial score (nSPS) is 11.0. The number of amides is 1. The predicted octanol–water partition coefficient (Wildman–Crippen LogP) is 6.19. The number of carbonyl (C=O) groups excluding carboxylic acids is 1. The standard InChI is InChI=1S/C26H22ClFN2O2/c1-3-17-7-9-22(10-8-17)30-26(31)20(16-29)11-19-14-24(27)23(25(15-19)32-2)13-18-5-4-6-21(28)12-18/h4-12,14-15H,3,13H2,1-2H3,(H,30,31)/b20-11+. The number of aryl methyl sites for hydroxylation is 1. The van der Waals surface area contributed by atoms with Gasteiger partial charge in [0, 0.05) is 22.7 Å². The Kier molecular flexibility index (Phi) is 7.64. The van der Waals surface area contributed by atoms with Gasteiger partial charge in [0.2, 0.25) is 0 Å². The lowest BCUT2D eigenvalue weighted by atomic mass is 10.0. The van der Waals surface area contributed by atoms with Crippen molar-refractivity contribution < 1.29 is 13.9 Å². The zero-order valence-corrected chi connectivity index (χ0v) is 18.5. The number of anilines is 1. The van der Waals surface area contributed by atoms with E-state index in [0.29, 0.717) is 34.0 Å². The van der Waals surface area contributed by atoms with Crippen LogP contribution in [-0.4, -0.2) is 13.0 Å². The molecule has 0 saturated heterocycles. The van der Waals surface area contributed by atoms with Gasteiger partial charge in [-0.1, -0.05) is 42.8 Å². The molecule has 0 aliphatic heterocycles. The molecular formula is C26H22ClFN2O2. The molecule has 0 spiro atoms. The molecule has 0 bridgehead atoms. The first-order chi connectivity index (χ1) is 15.4. The van der Waals surface area contributed by atoms with Crippen LogP contribution in [0.25, 0.3) is 6.08 Å². The molecule has 3 aromatic rings. The number of carbonyl (C=O) groups is 1. The third-order valence-corrected chi connectivity index (χ3v) is 5.30. The third kappa shape index (κ3) is 5.75. The minimum Gasteiger partial charge on any atom is -0.496 e. The zero-order chi connectivity index (χ0) is 23.1. The summed E-state index contributed by atoms with van der Waals surface area (Å²) in [7, 11) is 1.51. The highest BCUT2D eigenvalue weighted by atomic mass is 35.5. The van der Waals surface area contributed by atoms with Crippen molar-refractivity contribution in [2.24, 2.45) is 0 Å². The summed E-state index contributed by atoms with van der Waals surface area (Å²) in [5.74, 6) is -0.359. The molecule has 6 heteroatoms. The Morgan fingerprint density at radius 2 is 1.91 bits per heavy atom. The van der Waals surface area contributed by atoms with Gasteiger partial charge in [-0.2, -0.15) is 5.26 Å². The quantitative estimate of drug-likeness (QED) is 0.346. The molecule has 0 unspecified atom stereocenters. The Labute approximate surface area is 191 Å². The van der Waals surface area contributed by atoms with Crippen molar-refractivity contribution in [1.82, 2.24) is 0 Å². The summed E-state index contributed by atoms with van der Waals surface area (Å²) in [6.45, 7) is 2.05. The van der Waals surface area contributed by atoms with E-state index in [4.69, 9.17) is 16.3 Å². The summed E-state index contributed by atoms with van der Waals surface area (Å²) in [5, 5.41) is 12.6. The van der Waals surface area contributed by atoms with Crippen LogP contribution in [0, 0.1) is 17.1 Å². The van der Waals surface area contributed by atoms with Crippen LogP contribution in [0.2, 0.25) is 5.02 Å². The molecule has 1 amide bonds. The number of halogens is 2. The zero-order valence-electron chi connectivity index (χ0n) is 17.8. The van der Waals surface area contributed by atoms with Gasteiger partial charge in [-0.25, -0.2) is 4.39 Å². The smallest absolute Gasteiger partial charge is 0.266 e. The van der Waals surface area contributed by atoms with E-state index in [2.05, 4.69) is 5.32 Å². The van der Waals surface area contributed by atoms with Crippen LogP contribution >= 0.6 is 11.6 Å². The number of methoxy groups -OCH3 is 1. The summed E-state index contributed by atoms with van der Waals surface area (Å²) in [6.07, 6.45) is 2.73. The van der Waals surface area contributed by atoms with E-state index in [9.17, 15) is 14.4 Å². The molecule has 0 heterocycles. The molecule has 162 valence electrons. The highest BCUT2D eigenvalue weighted by Crippen LogP contribution is 2.32. The summed E-state index contributed by atoms with van der Waals surface area (Å²) in [4.78, 5) is 12.6. The minimum absolute atomic E-state index is 0.0689. The van der Waals surface area contributed by atoms with Crippen LogP contribution in [-0.2, 0) is 17.6 Å². The van der Waals surface area contributed by atoms with Crippen molar-refractivity contribution in [3.05, 3.63) is 99.3 Å². The molecule has 0 saturated carbocycles. The second kappa shape index (κ2) is 10.6. The van der Waals surface area contributed by atoms with Gasteiger partial charge in [0.25, 0.3) is 5.91 Å². The highest BCUT2D eigenvalue weighted by molar-refractivity contribution is 6.31. The number of hydrogen-bond donors (Lipinski definition) is 1. The van der Waals surface area contributed by atoms with E-state index in [-0.39, 0.29) is 11.4 Å². The van der Waals surface area contributed by atoms with Crippen LogP contribution in [0.15, 0.2) is 66.2 Å². The molecule has 3 aromatic carbocycles. The van der Waals surface area contributed by atoms with Gasteiger partial charge in [-0.05, 0) is 65.6 Å². The van der Waals surface area contributed by atoms with Gasteiger partial charge in [0.1, 0.15) is 23.2 Å². The Morgan fingerprint density at radius 3 is 2.53 bits per heavy atom. The minimum atomic E-state index is -0.518. The summed E-state index contributed by atoms with van der Waals surface area (Å²) < 4.78 is 19.0. The second-order valence-electron chi connectivity index (χ2n) is 7.16. The summed E-state index contributed by atoms with van der Waals surface area (Å²) in [5.41, 5.74) is 3.67. The van der Waals surface area contributed by atoms with Crippen LogP contribution in [0.5, 0.6) is 5.75 Å². The number of ether oxygens (including phenoxy) is 1. The van der Waals surface area contributed by atoms with E-state index in [1.165, 1.54) is 25.3 Å². The first-order valence-electron chi connectivity index (χ1n) is 10.1. The molecule has 0 aromatic heterocycles. The first kappa shape index (κ1) is 23.1. The fourth-order valence-electron chi connectivity index (χ4n) is 3.26. The first-order valence-corrected chi connectivity index (χ1v) is 10.4. The van der Waals surface area contributed by atoms with Crippen molar-refractivity contribution in [2.75, 3.05) is 12.4 Å². The van der Waals surface area contributed by atoms with Crippen LogP contribution in [0.4, 0.5) is 10.1 Å². The number of nitrogens with zero attached hydrogens (tertiary/aromatic N) is 1. The Morgan fingerprint density at radius 1 is 1.16 bits per heavy atom. The van der Waals surface area contributed by atoms with Crippen molar-refractivity contribution in [3.63, 3.8) is 0 Å². The summed E-state index contributed by atoms with van der Waals surface area (Å²) >= 11 is 6.48. The van der Waals surface area contributed by atoms with Gasteiger partial charge in [-0.3, -0.25) is 4.79 Å². The molecule has 1 N–H and O–H groups in total. The molecule has 0 atom stereocenters. The van der Waals surface area contributed by atoms with E-state index < -0.39 is 5.91 Å². The molecule has 0 aliphatic carbocycles. The van der Waals surface area contributed by atoms with Gasteiger partial charge >= 0.3 is 0 Å². The van der Waals surface area contributed by atoms with Crippen LogP contribution < -0.4 is 10.1 Å². The molecule has 0 fully saturated rings. The number of rotatable bonds is 7. The molecule has 4 nitrogen and oxygen atoms in total. The second-order valence-corrected chi connectivity index (χ2v) is 7.57. The average Bonchev–Trinajstić information content (AvgIpc) is 2.79. The fraction of sp³-hybridized carbons (Fsp3) is 0.154. The van der Waals surface area contributed by atoms with Gasteiger partial charge in [-0.15, -0.1) is 0 Å². The van der Waals surface area contributed by atoms with Crippen LogP contribution in [0.1, 0.15) is 29.2 Å². The highest BCUT2D eigenvalue weighted by Gasteiger charge is 2.14. The molecular weight excluding hydrogens is 427 g/mol. The Bertz CT molecular complexity index is 1200. The van der Waals surface area contributed by atoms with Gasteiger partial charge < -0.3 is 10.1 Å². The summed E-state index contributed by atoms with van der Waals surface area (Å²) in [6, 6.07) is 19.0. The van der Waals surface area contributed by atoms with E-state index >= 15 is 0 Å². The predicted molar refractivity (Wildman–Crippen MR) is 125 cm³/mol. The average molecular weight is 449 g/mol. The van der Waals surface area contributed by atoms with Crippen molar-refractivity contribution in [3.8, 4) is 11.8 Å². The number of nitrogens with one attached hydrogen (secondary N) is 1. The Hall–Kier alpha value is -3.62. The van der Waals surface area contributed by atoms with Crippen molar-refractivity contribution in [1.29, 1.82) is 5.26 Å². The SMILES string of the molecule is CCc1ccc(NC(=O)/C(C#N)=C/c2cc(Cl)c(Cc3cccc(F)c3)c(OC)c2)cc1. The number of hydrogen-bond acceptors (Lipinski definition) is 3. The van der Waals surface area contributed by atoms with Crippen LogP contribution in [0.3, 0.4) is 0 Å². The van der Waals surface area contributed by atoms with Crippen molar-refractivity contribution in [2.45, 2.75) is 19.8 Å². The molecule has 32 heavy (non-hydrogen) atoms. The van der Waals surface area contributed by atoms with E-state index in [1.807, 2.05) is 25.1 Å². The Balaban J connectivity index is 1.85. The maximum absolute atomic E-state index is 13.5. The maximum Gasteiger partial charge on any atom is 0.266 e. The third-order valence-electron chi connectivity index (χ3n) is 4.96. The maximum atomic E-state index is 13.5. The lowest BCUT2D eigenvalue weighted by molar-refractivity contribution is -0.112. The topological polar surface area (TPSA) is 62.1 Å². The number of nitriles is 1. The lowest BCUT2D eigenvalue weighted by Crippen LogP contribution is -2.13. The molecule has 0 radical (unpaired) electrons. The molecule has 0 aliphatic rings. The molecule has 3 rings (SSSR count). The monoisotopic (exact) mass is 448 g/mol. The van der Waals surface area contributed by atoms with E-state index in [1.54, 1.807) is 36.4 Å². The van der Waals surface area contributed by atoms with Crippen molar-refractivity contribution >= 4 is 29.3 Å². The number of benzene rings is 3.